The highest BCUT2D eigenvalue weighted by Crippen LogP contribution is 2.31. The normalized spacial score (nSPS) is 19.5. The molecule has 1 aliphatic rings. The number of thiazole rings is 1. The first-order chi connectivity index (χ1) is 10.2. The Labute approximate surface area is 129 Å². The lowest BCUT2D eigenvalue weighted by Gasteiger charge is -2.22. The molecule has 21 heavy (non-hydrogen) atoms. The van der Waals surface area contributed by atoms with E-state index in [9.17, 15) is 0 Å². The summed E-state index contributed by atoms with van der Waals surface area (Å²) < 4.78 is 0. The van der Waals surface area contributed by atoms with Crippen molar-refractivity contribution in [3.63, 3.8) is 0 Å². The van der Waals surface area contributed by atoms with Gasteiger partial charge < -0.3 is 4.90 Å². The van der Waals surface area contributed by atoms with Crippen LogP contribution in [0.5, 0.6) is 0 Å². The van der Waals surface area contributed by atoms with Crippen LogP contribution in [0.1, 0.15) is 35.4 Å². The molecule has 3 rings (SSSR count). The number of rotatable bonds is 5. The largest absolute Gasteiger partial charge is 0.304 e. The van der Waals surface area contributed by atoms with Gasteiger partial charge in [-0.25, -0.2) is 15.0 Å². The van der Waals surface area contributed by atoms with Gasteiger partial charge in [0.15, 0.2) is 0 Å². The minimum atomic E-state index is 0.330. The molecule has 0 bridgehead atoms. The van der Waals surface area contributed by atoms with Crippen LogP contribution in [0.3, 0.4) is 0 Å². The molecule has 0 aliphatic carbocycles. The van der Waals surface area contributed by atoms with Gasteiger partial charge in [-0.3, -0.25) is 4.90 Å². The van der Waals surface area contributed by atoms with Crippen LogP contribution >= 0.6 is 11.3 Å². The Morgan fingerprint density at radius 3 is 3.00 bits per heavy atom. The molecule has 1 aliphatic heterocycles. The van der Waals surface area contributed by atoms with Crippen molar-refractivity contribution in [2.45, 2.75) is 32.0 Å². The molecular formula is C15H21N5S. The van der Waals surface area contributed by atoms with E-state index in [1.807, 2.05) is 23.8 Å². The van der Waals surface area contributed by atoms with Crippen molar-refractivity contribution in [1.29, 1.82) is 0 Å². The summed E-state index contributed by atoms with van der Waals surface area (Å²) in [6.07, 6.45) is 6.11. The predicted octanol–water partition coefficient (Wildman–Crippen LogP) is 2.33. The summed E-state index contributed by atoms with van der Waals surface area (Å²) >= 11 is 1.72. The molecule has 1 fully saturated rings. The molecule has 0 saturated carbocycles. The van der Waals surface area contributed by atoms with Crippen LogP contribution in [0.2, 0.25) is 0 Å². The SMILES string of the molecule is CN(C)Cc1ccnc([C@H]2CCCN2Cc2nccs2)n1. The molecule has 0 spiro atoms. The van der Waals surface area contributed by atoms with E-state index in [-0.39, 0.29) is 0 Å². The van der Waals surface area contributed by atoms with Crippen LogP contribution in [0.15, 0.2) is 23.8 Å². The second kappa shape index (κ2) is 6.60. The van der Waals surface area contributed by atoms with Crippen LogP contribution in [-0.4, -0.2) is 45.4 Å². The Kier molecular flexibility index (Phi) is 4.57. The molecule has 2 aromatic rings. The van der Waals surface area contributed by atoms with Crippen LogP contribution in [0, 0.1) is 0 Å². The number of nitrogens with zero attached hydrogens (tertiary/aromatic N) is 5. The highest BCUT2D eigenvalue weighted by molar-refractivity contribution is 7.09. The van der Waals surface area contributed by atoms with E-state index in [4.69, 9.17) is 4.98 Å². The van der Waals surface area contributed by atoms with Crippen LogP contribution < -0.4 is 0 Å². The average molecular weight is 303 g/mol. The van der Waals surface area contributed by atoms with Crippen molar-refractivity contribution in [3.05, 3.63) is 40.4 Å². The maximum Gasteiger partial charge on any atom is 0.145 e. The molecule has 0 aromatic carbocycles. The van der Waals surface area contributed by atoms with Gasteiger partial charge >= 0.3 is 0 Å². The maximum atomic E-state index is 4.76. The summed E-state index contributed by atoms with van der Waals surface area (Å²) in [5.41, 5.74) is 1.09. The van der Waals surface area contributed by atoms with Gasteiger partial charge in [0, 0.05) is 24.3 Å². The van der Waals surface area contributed by atoms with Crippen molar-refractivity contribution in [1.82, 2.24) is 24.8 Å². The molecule has 3 heterocycles. The van der Waals surface area contributed by atoms with E-state index in [1.54, 1.807) is 11.3 Å². The molecule has 112 valence electrons. The van der Waals surface area contributed by atoms with E-state index < -0.39 is 0 Å². The Balaban J connectivity index is 1.75. The summed E-state index contributed by atoms with van der Waals surface area (Å²) in [7, 11) is 4.12. The zero-order chi connectivity index (χ0) is 14.7. The van der Waals surface area contributed by atoms with E-state index >= 15 is 0 Å². The number of hydrogen-bond donors (Lipinski definition) is 0. The topological polar surface area (TPSA) is 45.2 Å². The molecule has 2 aromatic heterocycles. The molecule has 5 nitrogen and oxygen atoms in total. The van der Waals surface area contributed by atoms with Gasteiger partial charge in [-0.2, -0.15) is 0 Å². The van der Waals surface area contributed by atoms with E-state index in [2.05, 4.69) is 33.9 Å². The van der Waals surface area contributed by atoms with Gasteiger partial charge in [-0.15, -0.1) is 11.3 Å². The van der Waals surface area contributed by atoms with Crippen molar-refractivity contribution >= 4 is 11.3 Å². The fourth-order valence-electron chi connectivity index (χ4n) is 2.80. The van der Waals surface area contributed by atoms with Gasteiger partial charge in [-0.05, 0) is 39.5 Å². The molecule has 1 atom stereocenters. The zero-order valence-electron chi connectivity index (χ0n) is 12.6. The molecule has 0 radical (unpaired) electrons. The third-order valence-electron chi connectivity index (χ3n) is 3.69. The lowest BCUT2D eigenvalue weighted by atomic mass is 10.2. The third kappa shape index (κ3) is 3.64. The minimum absolute atomic E-state index is 0.330. The van der Waals surface area contributed by atoms with Gasteiger partial charge in [0.05, 0.1) is 18.3 Å². The van der Waals surface area contributed by atoms with Crippen molar-refractivity contribution in [2.75, 3.05) is 20.6 Å². The summed E-state index contributed by atoms with van der Waals surface area (Å²) in [5, 5.41) is 3.21. The predicted molar refractivity (Wildman–Crippen MR) is 83.9 cm³/mol. The van der Waals surface area contributed by atoms with Crippen molar-refractivity contribution < 1.29 is 0 Å². The highest BCUT2D eigenvalue weighted by Gasteiger charge is 2.28. The standard InChI is InChI=1S/C15H21N5S/c1-19(2)10-12-5-6-17-15(18-12)13-4-3-8-20(13)11-14-16-7-9-21-14/h5-7,9,13H,3-4,8,10-11H2,1-2H3/t13-/m1/s1. The lowest BCUT2D eigenvalue weighted by Crippen LogP contribution is -2.24. The van der Waals surface area contributed by atoms with Gasteiger partial charge in [0.2, 0.25) is 0 Å². The fraction of sp³-hybridized carbons (Fsp3) is 0.533. The summed E-state index contributed by atoms with van der Waals surface area (Å²) in [4.78, 5) is 18.3. The third-order valence-corrected chi connectivity index (χ3v) is 4.46. The van der Waals surface area contributed by atoms with Crippen molar-refractivity contribution in [3.8, 4) is 0 Å². The van der Waals surface area contributed by atoms with E-state index in [1.165, 1.54) is 11.4 Å². The Morgan fingerprint density at radius 1 is 1.33 bits per heavy atom. The van der Waals surface area contributed by atoms with Crippen LogP contribution in [0.4, 0.5) is 0 Å². The van der Waals surface area contributed by atoms with Gasteiger partial charge in [-0.1, -0.05) is 0 Å². The first kappa shape index (κ1) is 14.6. The monoisotopic (exact) mass is 303 g/mol. The summed E-state index contributed by atoms with van der Waals surface area (Å²) in [6.45, 7) is 2.86. The summed E-state index contributed by atoms with van der Waals surface area (Å²) in [5.74, 6) is 0.961. The molecule has 1 saturated heterocycles. The van der Waals surface area contributed by atoms with E-state index in [0.717, 1.165) is 37.6 Å². The first-order valence-corrected chi connectivity index (χ1v) is 8.19. The second-order valence-corrected chi connectivity index (χ2v) is 6.68. The highest BCUT2D eigenvalue weighted by atomic mass is 32.1. The van der Waals surface area contributed by atoms with Gasteiger partial charge in [0.1, 0.15) is 10.8 Å². The van der Waals surface area contributed by atoms with Crippen molar-refractivity contribution in [2.24, 2.45) is 0 Å². The Hall–Kier alpha value is -1.37. The molecule has 0 amide bonds. The Bertz CT molecular complexity index is 569. The van der Waals surface area contributed by atoms with Crippen LogP contribution in [-0.2, 0) is 13.1 Å². The molecule has 0 unspecified atom stereocenters. The quantitative estimate of drug-likeness (QED) is 0.848. The first-order valence-electron chi connectivity index (χ1n) is 7.31. The number of hydrogen-bond acceptors (Lipinski definition) is 6. The van der Waals surface area contributed by atoms with E-state index in [0.29, 0.717) is 6.04 Å². The average Bonchev–Trinajstić information content (AvgIpc) is 3.10. The smallest absolute Gasteiger partial charge is 0.145 e. The second-order valence-electron chi connectivity index (χ2n) is 5.70. The lowest BCUT2D eigenvalue weighted by molar-refractivity contribution is 0.238. The fourth-order valence-corrected chi connectivity index (χ4v) is 3.44. The zero-order valence-corrected chi connectivity index (χ0v) is 13.4. The number of likely N-dealkylation sites (tertiary alicyclic amines) is 1. The maximum absolute atomic E-state index is 4.76. The molecule has 0 N–H and O–H groups in total. The molecular weight excluding hydrogens is 282 g/mol. The number of aromatic nitrogens is 3. The Morgan fingerprint density at radius 2 is 2.24 bits per heavy atom. The van der Waals surface area contributed by atoms with Crippen LogP contribution in [0.25, 0.3) is 0 Å². The minimum Gasteiger partial charge on any atom is -0.304 e. The summed E-state index contributed by atoms with van der Waals surface area (Å²) in [6, 6.07) is 2.33. The molecule has 6 heteroatoms. The van der Waals surface area contributed by atoms with Gasteiger partial charge in [0.25, 0.3) is 0 Å².